The molecule has 4 N–H and O–H groups in total. The number of carboxylic acid groups (broad SMARTS) is 1. The van der Waals surface area contributed by atoms with Crippen LogP contribution in [0.3, 0.4) is 0 Å². The second kappa shape index (κ2) is 5.05. The molecule has 24 heavy (non-hydrogen) atoms. The molecule has 2 aromatic heterocycles. The average Bonchev–Trinajstić information content (AvgIpc) is 3.18. The lowest BCUT2D eigenvalue weighted by molar-refractivity contribution is 0.0688. The van der Waals surface area contributed by atoms with Gasteiger partial charge < -0.3 is 10.8 Å². The zero-order valence-corrected chi connectivity index (χ0v) is 12.5. The van der Waals surface area contributed by atoms with Gasteiger partial charge in [0.2, 0.25) is 5.91 Å². The van der Waals surface area contributed by atoms with Crippen molar-refractivity contribution in [3.63, 3.8) is 0 Å². The molecular formula is C16H13N5O3. The summed E-state index contributed by atoms with van der Waals surface area (Å²) in [5.74, 6) is -1.59. The third-order valence-electron chi connectivity index (χ3n) is 4.18. The molecule has 8 heteroatoms. The molecule has 120 valence electrons. The van der Waals surface area contributed by atoms with Crippen molar-refractivity contribution >= 4 is 11.9 Å². The molecule has 1 amide bonds. The SMILES string of the molecule is NC(=O)c1ccc(-n2nc(C(=O)O)c3c2-c2cn[nH]c2CC3)cc1. The summed E-state index contributed by atoms with van der Waals surface area (Å²) in [6.07, 6.45) is 2.94. The van der Waals surface area contributed by atoms with Crippen LogP contribution in [0.5, 0.6) is 0 Å². The van der Waals surface area contributed by atoms with Crippen LogP contribution >= 0.6 is 0 Å². The molecular weight excluding hydrogens is 310 g/mol. The maximum absolute atomic E-state index is 11.6. The van der Waals surface area contributed by atoms with Crippen LogP contribution in [0, 0.1) is 0 Å². The van der Waals surface area contributed by atoms with E-state index < -0.39 is 11.9 Å². The third-order valence-corrected chi connectivity index (χ3v) is 4.18. The number of fused-ring (bicyclic) bond motifs is 3. The first-order valence-electron chi connectivity index (χ1n) is 7.34. The van der Waals surface area contributed by atoms with Gasteiger partial charge in [0.25, 0.3) is 0 Å². The van der Waals surface area contributed by atoms with Gasteiger partial charge in [0.15, 0.2) is 5.69 Å². The molecule has 1 aliphatic carbocycles. The van der Waals surface area contributed by atoms with Gasteiger partial charge in [-0.2, -0.15) is 10.2 Å². The number of carbonyl (C=O) groups excluding carboxylic acids is 1. The zero-order valence-electron chi connectivity index (χ0n) is 12.5. The molecule has 0 aliphatic heterocycles. The Morgan fingerprint density at radius 1 is 1.21 bits per heavy atom. The summed E-state index contributed by atoms with van der Waals surface area (Å²) in [7, 11) is 0. The predicted octanol–water partition coefficient (Wildman–Crippen LogP) is 1.16. The van der Waals surface area contributed by atoms with Gasteiger partial charge in [-0.25, -0.2) is 9.48 Å². The molecule has 3 aromatic rings. The van der Waals surface area contributed by atoms with Crippen molar-refractivity contribution in [2.75, 3.05) is 0 Å². The standard InChI is InChI=1S/C16H13N5O3/c17-15(22)8-1-3-9(4-2-8)21-14-10(13(20-21)16(23)24)5-6-12-11(14)7-18-19-12/h1-4,7H,5-6H2,(H2,17,22)(H,18,19)(H,23,24). The molecule has 2 heterocycles. The minimum absolute atomic E-state index is 0.0378. The lowest BCUT2D eigenvalue weighted by Crippen LogP contribution is -2.11. The van der Waals surface area contributed by atoms with Crippen molar-refractivity contribution < 1.29 is 14.7 Å². The highest BCUT2D eigenvalue weighted by Crippen LogP contribution is 2.35. The van der Waals surface area contributed by atoms with E-state index in [-0.39, 0.29) is 5.69 Å². The lowest BCUT2D eigenvalue weighted by atomic mass is 9.94. The molecule has 0 saturated heterocycles. The quantitative estimate of drug-likeness (QED) is 0.666. The van der Waals surface area contributed by atoms with Crippen molar-refractivity contribution in [1.82, 2.24) is 20.0 Å². The topological polar surface area (TPSA) is 127 Å². The van der Waals surface area contributed by atoms with Crippen LogP contribution in [0.25, 0.3) is 16.9 Å². The van der Waals surface area contributed by atoms with Gasteiger partial charge in [0, 0.05) is 22.4 Å². The van der Waals surface area contributed by atoms with E-state index in [1.54, 1.807) is 35.1 Å². The summed E-state index contributed by atoms with van der Waals surface area (Å²) in [6.45, 7) is 0. The largest absolute Gasteiger partial charge is 0.476 e. The van der Waals surface area contributed by atoms with Crippen molar-refractivity contribution in [2.45, 2.75) is 12.8 Å². The Labute approximate surface area is 135 Å². The van der Waals surface area contributed by atoms with Gasteiger partial charge >= 0.3 is 5.97 Å². The maximum Gasteiger partial charge on any atom is 0.356 e. The number of nitrogens with one attached hydrogen (secondary N) is 1. The lowest BCUT2D eigenvalue weighted by Gasteiger charge is -2.14. The second-order valence-electron chi connectivity index (χ2n) is 5.57. The Morgan fingerprint density at radius 3 is 2.62 bits per heavy atom. The maximum atomic E-state index is 11.6. The molecule has 0 unspecified atom stereocenters. The van der Waals surface area contributed by atoms with E-state index >= 15 is 0 Å². The van der Waals surface area contributed by atoms with Crippen LogP contribution in [0.2, 0.25) is 0 Å². The summed E-state index contributed by atoms with van der Waals surface area (Å²) in [5, 5.41) is 20.7. The Bertz CT molecular complexity index is 968. The molecule has 0 radical (unpaired) electrons. The van der Waals surface area contributed by atoms with E-state index in [1.807, 2.05) is 0 Å². The van der Waals surface area contributed by atoms with Gasteiger partial charge in [0.1, 0.15) is 0 Å². The highest BCUT2D eigenvalue weighted by Gasteiger charge is 2.29. The van der Waals surface area contributed by atoms with Crippen LogP contribution in [-0.2, 0) is 12.8 Å². The third kappa shape index (κ3) is 2.00. The van der Waals surface area contributed by atoms with Gasteiger partial charge in [0.05, 0.1) is 17.6 Å². The number of rotatable bonds is 3. The average molecular weight is 323 g/mol. The van der Waals surface area contributed by atoms with E-state index in [0.29, 0.717) is 35.3 Å². The second-order valence-corrected chi connectivity index (χ2v) is 5.57. The van der Waals surface area contributed by atoms with Crippen LogP contribution in [-0.4, -0.2) is 37.0 Å². The number of carboxylic acids is 1. The van der Waals surface area contributed by atoms with Crippen molar-refractivity contribution in [1.29, 1.82) is 0 Å². The molecule has 1 aliphatic rings. The van der Waals surface area contributed by atoms with E-state index in [4.69, 9.17) is 5.73 Å². The molecule has 0 atom stereocenters. The predicted molar refractivity (Wildman–Crippen MR) is 84.0 cm³/mol. The Kier molecular flexibility index (Phi) is 2.99. The number of hydrogen-bond acceptors (Lipinski definition) is 4. The van der Waals surface area contributed by atoms with Crippen molar-refractivity contribution in [3.05, 3.63) is 53.0 Å². The Hall–Kier alpha value is -3.42. The fourth-order valence-corrected chi connectivity index (χ4v) is 3.05. The summed E-state index contributed by atoms with van der Waals surface area (Å²) in [5.41, 5.74) is 9.52. The minimum atomic E-state index is -1.06. The summed E-state index contributed by atoms with van der Waals surface area (Å²) in [6, 6.07) is 6.55. The highest BCUT2D eigenvalue weighted by molar-refractivity contribution is 5.93. The van der Waals surface area contributed by atoms with Crippen LogP contribution in [0.4, 0.5) is 0 Å². The van der Waals surface area contributed by atoms with E-state index in [1.165, 1.54) is 0 Å². The number of amides is 1. The Balaban J connectivity index is 1.94. The fourth-order valence-electron chi connectivity index (χ4n) is 3.05. The molecule has 0 saturated carbocycles. The number of nitrogens with two attached hydrogens (primary N) is 1. The monoisotopic (exact) mass is 323 g/mol. The number of H-pyrrole nitrogens is 1. The molecule has 1 aromatic carbocycles. The van der Waals surface area contributed by atoms with Crippen LogP contribution in [0.15, 0.2) is 30.5 Å². The zero-order chi connectivity index (χ0) is 16.8. The molecule has 4 rings (SSSR count). The number of primary amides is 1. The number of nitrogens with zero attached hydrogens (tertiary/aromatic N) is 3. The molecule has 0 fully saturated rings. The first kappa shape index (κ1) is 14.2. The number of carbonyl (C=O) groups is 2. The van der Waals surface area contributed by atoms with Gasteiger partial charge in [-0.1, -0.05) is 0 Å². The number of aromatic amines is 1. The molecule has 8 nitrogen and oxygen atoms in total. The highest BCUT2D eigenvalue weighted by atomic mass is 16.4. The summed E-state index contributed by atoms with van der Waals surface area (Å²) >= 11 is 0. The number of aromatic carboxylic acids is 1. The van der Waals surface area contributed by atoms with Gasteiger partial charge in [-0.15, -0.1) is 0 Å². The van der Waals surface area contributed by atoms with Crippen molar-refractivity contribution in [3.8, 4) is 16.9 Å². The number of aromatic nitrogens is 4. The normalized spacial score (nSPS) is 12.5. The fraction of sp³-hybridized carbons (Fsp3) is 0.125. The van der Waals surface area contributed by atoms with Crippen LogP contribution < -0.4 is 5.73 Å². The Morgan fingerprint density at radius 2 is 1.96 bits per heavy atom. The first-order valence-corrected chi connectivity index (χ1v) is 7.34. The molecule has 0 spiro atoms. The van der Waals surface area contributed by atoms with E-state index in [0.717, 1.165) is 11.3 Å². The smallest absolute Gasteiger partial charge is 0.356 e. The first-order chi connectivity index (χ1) is 11.6. The molecule has 0 bridgehead atoms. The van der Waals surface area contributed by atoms with Gasteiger partial charge in [-0.3, -0.25) is 9.89 Å². The number of aryl methyl sites for hydroxylation is 1. The van der Waals surface area contributed by atoms with E-state index in [9.17, 15) is 14.7 Å². The minimum Gasteiger partial charge on any atom is -0.476 e. The van der Waals surface area contributed by atoms with Crippen molar-refractivity contribution in [2.24, 2.45) is 5.73 Å². The number of hydrogen-bond donors (Lipinski definition) is 3. The summed E-state index contributed by atoms with van der Waals surface area (Å²) < 4.78 is 1.58. The number of benzene rings is 1. The van der Waals surface area contributed by atoms with Crippen LogP contribution in [0.1, 0.15) is 32.1 Å². The summed E-state index contributed by atoms with van der Waals surface area (Å²) in [4.78, 5) is 22.8. The van der Waals surface area contributed by atoms with E-state index in [2.05, 4.69) is 15.3 Å². The van der Waals surface area contributed by atoms with Gasteiger partial charge in [-0.05, 0) is 37.1 Å².